The first kappa shape index (κ1) is 29.0. The van der Waals surface area contributed by atoms with Crippen LogP contribution in [0.2, 0.25) is 0 Å². The summed E-state index contributed by atoms with van der Waals surface area (Å²) in [4.78, 5) is 53.5. The van der Waals surface area contributed by atoms with Gasteiger partial charge in [0.15, 0.2) is 9.75 Å². The minimum Gasteiger partial charge on any atom is -0.508 e. The zero-order valence-corrected chi connectivity index (χ0v) is 25.5. The van der Waals surface area contributed by atoms with Crippen molar-refractivity contribution in [1.29, 1.82) is 0 Å². The van der Waals surface area contributed by atoms with E-state index in [4.69, 9.17) is 27.9 Å². The van der Waals surface area contributed by atoms with Crippen molar-refractivity contribution >= 4 is 62.8 Å². The van der Waals surface area contributed by atoms with E-state index in [1.807, 2.05) is 6.08 Å². The molecule has 220 valence electrons. The zero-order chi connectivity index (χ0) is 30.1. The number of allylic oxidation sites excluding steroid dienone is 2. The van der Waals surface area contributed by atoms with Gasteiger partial charge in [0, 0.05) is 24.1 Å². The van der Waals surface area contributed by atoms with E-state index in [2.05, 4.69) is 15.9 Å². The predicted molar refractivity (Wildman–Crippen MR) is 157 cm³/mol. The van der Waals surface area contributed by atoms with Crippen molar-refractivity contribution in [2.24, 2.45) is 17.8 Å². The summed E-state index contributed by atoms with van der Waals surface area (Å²) < 4.78 is 5.57. The number of phenolic OH excluding ortho intramolecular Hbond substituents is 2. The van der Waals surface area contributed by atoms with Gasteiger partial charge in [0.05, 0.1) is 24.4 Å². The smallest absolute Gasteiger partial charge is 0.254 e. The number of phenols is 2. The number of alkyl halides is 3. The van der Waals surface area contributed by atoms with Gasteiger partial charge < -0.3 is 14.9 Å². The van der Waals surface area contributed by atoms with E-state index in [1.54, 1.807) is 30.3 Å². The van der Waals surface area contributed by atoms with Crippen molar-refractivity contribution in [2.45, 2.75) is 34.9 Å². The van der Waals surface area contributed by atoms with Crippen LogP contribution >= 0.6 is 39.1 Å². The third kappa shape index (κ3) is 3.94. The van der Waals surface area contributed by atoms with E-state index in [9.17, 15) is 29.4 Å². The maximum Gasteiger partial charge on any atom is 0.254 e. The number of methoxy groups -OCH3 is 1. The maximum absolute atomic E-state index is 14.0. The molecule has 1 saturated carbocycles. The maximum atomic E-state index is 14.0. The fourth-order valence-corrected chi connectivity index (χ4v) is 8.64. The van der Waals surface area contributed by atoms with Crippen LogP contribution in [0.25, 0.3) is 0 Å². The van der Waals surface area contributed by atoms with Crippen LogP contribution in [0.3, 0.4) is 0 Å². The van der Waals surface area contributed by atoms with Crippen LogP contribution in [-0.2, 0) is 25.6 Å². The number of imide groups is 2. The van der Waals surface area contributed by atoms with Gasteiger partial charge in [-0.2, -0.15) is 0 Å². The number of aromatic hydroxyl groups is 2. The molecule has 2 N–H and O–H groups in total. The molecule has 2 saturated heterocycles. The molecule has 0 unspecified atom stereocenters. The number of carbonyl (C=O) groups is 4. The monoisotopic (exact) mass is 676 g/mol. The van der Waals surface area contributed by atoms with Gasteiger partial charge in [-0.15, -0.1) is 23.2 Å². The number of likely N-dealkylation sites (tertiary alicyclic amines) is 2. The summed E-state index contributed by atoms with van der Waals surface area (Å²) in [6.07, 6.45) is 2.40. The van der Waals surface area contributed by atoms with E-state index >= 15 is 0 Å². The minimum atomic E-state index is -1.96. The van der Waals surface area contributed by atoms with Gasteiger partial charge >= 0.3 is 0 Å². The topological polar surface area (TPSA) is 124 Å². The van der Waals surface area contributed by atoms with E-state index < -0.39 is 45.2 Å². The Morgan fingerprint density at radius 3 is 2.31 bits per heavy atom. The van der Waals surface area contributed by atoms with Crippen molar-refractivity contribution in [3.8, 4) is 17.2 Å². The number of hydrogen-bond donors (Lipinski definition) is 2. The van der Waals surface area contributed by atoms with E-state index in [0.29, 0.717) is 17.6 Å². The second-order valence-electron chi connectivity index (χ2n) is 11.2. The Morgan fingerprint density at radius 1 is 0.952 bits per heavy atom. The molecule has 6 atom stereocenters. The fraction of sp³-hybridized carbons (Fsp3) is 0.400. The number of carbonyl (C=O) groups excluding carboxylic acids is 4. The molecule has 2 aliphatic heterocycles. The second-order valence-corrected chi connectivity index (χ2v) is 12.9. The Labute approximate surface area is 260 Å². The molecule has 3 fully saturated rings. The molecule has 0 spiro atoms. The van der Waals surface area contributed by atoms with Crippen LogP contribution in [0.4, 0.5) is 0 Å². The van der Waals surface area contributed by atoms with Gasteiger partial charge in [0.1, 0.15) is 17.2 Å². The Hall–Kier alpha value is -3.08. The van der Waals surface area contributed by atoms with Gasteiger partial charge in [0.25, 0.3) is 11.8 Å². The van der Waals surface area contributed by atoms with Gasteiger partial charge in [0.2, 0.25) is 11.8 Å². The molecule has 0 radical (unpaired) electrons. The third-order valence-electron chi connectivity index (χ3n) is 9.19. The van der Waals surface area contributed by atoms with Crippen LogP contribution in [0.15, 0.2) is 54.1 Å². The predicted octanol–water partition coefficient (Wildman–Crippen LogP) is 4.06. The van der Waals surface area contributed by atoms with E-state index in [-0.39, 0.29) is 53.9 Å². The van der Waals surface area contributed by atoms with Gasteiger partial charge in [-0.05, 0) is 48.9 Å². The Morgan fingerprint density at radius 2 is 1.64 bits per heavy atom. The lowest BCUT2D eigenvalue weighted by Gasteiger charge is -2.51. The largest absolute Gasteiger partial charge is 0.508 e. The summed E-state index contributed by atoms with van der Waals surface area (Å²) in [6.45, 7) is 0.160. The molecule has 4 amide bonds. The summed E-state index contributed by atoms with van der Waals surface area (Å²) in [5.41, 5.74) is 1.82. The number of fused-ring (bicyclic) bond motifs is 4. The number of benzene rings is 2. The number of rotatable bonds is 6. The highest BCUT2D eigenvalue weighted by atomic mass is 79.9. The summed E-state index contributed by atoms with van der Waals surface area (Å²) >= 11 is 17.7. The Balaban J connectivity index is 1.43. The summed E-state index contributed by atoms with van der Waals surface area (Å²) in [5.74, 6) is -4.78. The molecule has 2 aromatic carbocycles. The lowest BCUT2D eigenvalue weighted by Crippen LogP contribution is -2.60. The molecule has 0 aromatic heterocycles. The summed E-state index contributed by atoms with van der Waals surface area (Å²) in [7, 11) is 1.41. The van der Waals surface area contributed by atoms with Crippen molar-refractivity contribution < 1.29 is 34.1 Å². The van der Waals surface area contributed by atoms with Crippen molar-refractivity contribution in [2.75, 3.05) is 19.1 Å². The molecule has 9 nitrogen and oxygen atoms in total. The highest BCUT2D eigenvalue weighted by Crippen LogP contribution is 2.66. The molecule has 2 aliphatic carbocycles. The highest BCUT2D eigenvalue weighted by molar-refractivity contribution is 9.09. The van der Waals surface area contributed by atoms with Gasteiger partial charge in [-0.25, -0.2) is 0 Å². The van der Waals surface area contributed by atoms with Crippen LogP contribution < -0.4 is 4.74 Å². The third-order valence-corrected chi connectivity index (χ3v) is 11.1. The highest BCUT2D eigenvalue weighted by Gasteiger charge is 2.76. The van der Waals surface area contributed by atoms with Gasteiger partial charge in [-0.1, -0.05) is 45.8 Å². The van der Waals surface area contributed by atoms with E-state index in [0.717, 1.165) is 10.5 Å². The standard InChI is InChI=1S/C30H27BrCl2N2O7/c1-42-22-12-17(37)6-7-19(22)24-18-8-9-20-23(21(18)13-29(32)27(40)35(14-31)28(41)30(24,29)33)26(39)34(25(20)38)11-10-15-2-4-16(36)5-3-15/h2-8,12,20-21,23-24,36-37H,9-11,13-14H2,1H3/t20-,21+,23-,24+,29+,30-/m0/s1. The number of nitrogens with zero attached hydrogens (tertiary/aromatic N) is 2. The Kier molecular flexibility index (Phi) is 7.10. The molecular weight excluding hydrogens is 651 g/mol. The number of ether oxygens (including phenoxy) is 1. The minimum absolute atomic E-state index is 0.0712. The number of amides is 4. The summed E-state index contributed by atoms with van der Waals surface area (Å²) in [5, 5.41) is 19.7. The molecule has 4 aliphatic rings. The van der Waals surface area contributed by atoms with Gasteiger partial charge in [-0.3, -0.25) is 29.0 Å². The van der Waals surface area contributed by atoms with Crippen LogP contribution in [0, 0.1) is 17.8 Å². The van der Waals surface area contributed by atoms with E-state index in [1.165, 1.54) is 24.1 Å². The molecule has 2 heterocycles. The first-order valence-electron chi connectivity index (χ1n) is 13.5. The summed E-state index contributed by atoms with van der Waals surface area (Å²) in [6, 6.07) is 11.0. The quantitative estimate of drug-likeness (QED) is 0.205. The molecule has 12 heteroatoms. The average Bonchev–Trinajstić information content (AvgIpc) is 3.30. The second kappa shape index (κ2) is 10.3. The van der Waals surface area contributed by atoms with Crippen molar-refractivity contribution in [1.82, 2.24) is 9.80 Å². The van der Waals surface area contributed by atoms with Crippen molar-refractivity contribution in [3.05, 3.63) is 65.2 Å². The first-order chi connectivity index (χ1) is 20.0. The number of hydrogen-bond acceptors (Lipinski definition) is 7. The van der Waals surface area contributed by atoms with Crippen LogP contribution in [0.1, 0.15) is 29.9 Å². The first-order valence-corrected chi connectivity index (χ1v) is 15.4. The van der Waals surface area contributed by atoms with Crippen molar-refractivity contribution in [3.63, 3.8) is 0 Å². The fourth-order valence-electron chi connectivity index (χ4n) is 7.23. The normalized spacial score (nSPS) is 32.0. The number of halogens is 3. The SMILES string of the molecule is COc1cc(O)ccc1[C@H]1C2=CC[C@@H]3C(=O)N(CCc4ccc(O)cc4)C(=O)[C@@H]3[C@@H]2C[C@@]2(Cl)C(=O)N(CBr)C(=O)[C@@]12Cl. The van der Waals surface area contributed by atoms with Crippen LogP contribution in [0.5, 0.6) is 17.2 Å². The lowest BCUT2D eigenvalue weighted by atomic mass is 9.56. The zero-order valence-electron chi connectivity index (χ0n) is 22.4. The molecular formula is C30H27BrCl2N2O7. The average molecular weight is 678 g/mol. The molecule has 42 heavy (non-hydrogen) atoms. The van der Waals surface area contributed by atoms with Crippen LogP contribution in [-0.4, -0.2) is 72.5 Å². The lowest BCUT2D eigenvalue weighted by molar-refractivity contribution is -0.141. The molecule has 6 rings (SSSR count). The Bertz CT molecular complexity index is 1550. The molecule has 0 bridgehead atoms. The molecule has 2 aromatic rings.